The number of anilines is 1. The fourth-order valence-corrected chi connectivity index (χ4v) is 4.80. The molecule has 27 heavy (non-hydrogen) atoms. The second-order valence-corrected chi connectivity index (χ2v) is 7.94. The zero-order valence-corrected chi connectivity index (χ0v) is 15.7. The van der Waals surface area contributed by atoms with Crippen molar-refractivity contribution in [2.45, 2.75) is 38.1 Å². The summed E-state index contributed by atoms with van der Waals surface area (Å²) in [6, 6.07) is 2.13. The van der Waals surface area contributed by atoms with Crippen LogP contribution >= 0.6 is 11.6 Å². The summed E-state index contributed by atoms with van der Waals surface area (Å²) in [7, 11) is 0. The van der Waals surface area contributed by atoms with Crippen molar-refractivity contribution >= 4 is 28.6 Å². The zero-order valence-electron chi connectivity index (χ0n) is 14.9. The van der Waals surface area contributed by atoms with E-state index in [4.69, 9.17) is 22.3 Å². The summed E-state index contributed by atoms with van der Waals surface area (Å²) < 4.78 is 0. The molecule has 4 heterocycles. The Hall–Kier alpha value is -2.32. The van der Waals surface area contributed by atoms with Crippen LogP contribution in [0, 0.1) is 5.41 Å². The maximum atomic E-state index is 6.39. The van der Waals surface area contributed by atoms with E-state index in [-0.39, 0.29) is 0 Å². The normalized spacial score (nSPS) is 22.0. The van der Waals surface area contributed by atoms with Gasteiger partial charge in [-0.15, -0.1) is 5.10 Å². The maximum absolute atomic E-state index is 6.39. The summed E-state index contributed by atoms with van der Waals surface area (Å²) in [5.74, 6) is 0.862. The second kappa shape index (κ2) is 6.38. The Morgan fingerprint density at radius 1 is 1.26 bits per heavy atom. The van der Waals surface area contributed by atoms with E-state index >= 15 is 0 Å². The second-order valence-electron chi connectivity index (χ2n) is 7.58. The van der Waals surface area contributed by atoms with E-state index < -0.39 is 0 Å². The Balaban J connectivity index is 1.41. The van der Waals surface area contributed by atoms with E-state index in [1.165, 1.54) is 12.8 Å². The van der Waals surface area contributed by atoms with Crippen LogP contribution in [0.1, 0.15) is 32.1 Å². The number of halogens is 1. The molecular weight excluding hydrogens is 364 g/mol. The molecular formula is C18H21ClN8. The average Bonchev–Trinajstić information content (AvgIpc) is 3.26. The SMILES string of the molecule is NC1CCCC12CCN(c1cnc3c(-c4ccnnc4Cl)[nH]nc3n1)CC2. The summed E-state index contributed by atoms with van der Waals surface area (Å²) in [6.45, 7) is 1.93. The minimum Gasteiger partial charge on any atom is -0.355 e. The van der Waals surface area contributed by atoms with Crippen LogP contribution in [0.2, 0.25) is 5.15 Å². The molecule has 0 amide bonds. The average molecular weight is 385 g/mol. The highest BCUT2D eigenvalue weighted by molar-refractivity contribution is 6.32. The fraction of sp³-hybridized carbons (Fsp3) is 0.500. The molecule has 1 atom stereocenters. The lowest BCUT2D eigenvalue weighted by Crippen LogP contribution is -2.47. The van der Waals surface area contributed by atoms with E-state index in [0.29, 0.717) is 39.0 Å². The quantitative estimate of drug-likeness (QED) is 0.698. The highest BCUT2D eigenvalue weighted by Crippen LogP contribution is 2.45. The fourth-order valence-electron chi connectivity index (χ4n) is 4.60. The molecule has 140 valence electrons. The van der Waals surface area contributed by atoms with E-state index in [9.17, 15) is 0 Å². The molecule has 1 aliphatic heterocycles. The number of aromatic nitrogens is 6. The van der Waals surface area contributed by atoms with Crippen LogP contribution in [0.25, 0.3) is 22.4 Å². The summed E-state index contributed by atoms with van der Waals surface area (Å²) in [4.78, 5) is 11.6. The monoisotopic (exact) mass is 384 g/mol. The van der Waals surface area contributed by atoms with E-state index in [1.807, 2.05) is 6.20 Å². The number of nitrogens with two attached hydrogens (primary N) is 1. The lowest BCUT2D eigenvalue weighted by atomic mass is 9.74. The summed E-state index contributed by atoms with van der Waals surface area (Å²) in [5, 5.41) is 15.3. The molecule has 9 heteroatoms. The minimum absolute atomic E-state index is 0.308. The summed E-state index contributed by atoms with van der Waals surface area (Å²) >= 11 is 6.15. The maximum Gasteiger partial charge on any atom is 0.202 e. The van der Waals surface area contributed by atoms with Crippen LogP contribution in [0.4, 0.5) is 5.82 Å². The number of nitrogens with one attached hydrogen (secondary N) is 1. The number of nitrogens with zero attached hydrogens (tertiary/aromatic N) is 6. The van der Waals surface area contributed by atoms with Gasteiger partial charge in [-0.3, -0.25) is 5.10 Å². The Bertz CT molecular complexity index is 978. The number of hydrogen-bond donors (Lipinski definition) is 2. The molecule has 2 fully saturated rings. The highest BCUT2D eigenvalue weighted by atomic mass is 35.5. The molecule has 5 rings (SSSR count). The van der Waals surface area contributed by atoms with Crippen molar-refractivity contribution in [3.63, 3.8) is 0 Å². The van der Waals surface area contributed by atoms with Crippen LogP contribution in [-0.2, 0) is 0 Å². The van der Waals surface area contributed by atoms with Crippen molar-refractivity contribution in [3.05, 3.63) is 23.6 Å². The van der Waals surface area contributed by atoms with Gasteiger partial charge in [-0.25, -0.2) is 9.97 Å². The van der Waals surface area contributed by atoms with Gasteiger partial charge in [-0.1, -0.05) is 18.0 Å². The predicted octanol–water partition coefficient (Wildman–Crippen LogP) is 2.56. The standard InChI is InChI=1S/C18H21ClN8/c19-16-11(3-7-22-25-16)14-15-17(26-24-14)23-13(10-21-15)27-8-5-18(6-9-27)4-1-2-12(18)20/h3,7,10,12H,1-2,4-6,8-9,20H2,(H,23,24,26). The number of fused-ring (bicyclic) bond motifs is 1. The van der Waals surface area contributed by atoms with Gasteiger partial charge in [-0.05, 0) is 37.2 Å². The first-order valence-electron chi connectivity index (χ1n) is 9.35. The van der Waals surface area contributed by atoms with Gasteiger partial charge in [0.15, 0.2) is 5.15 Å². The molecule has 3 aromatic rings. The van der Waals surface area contributed by atoms with Gasteiger partial charge >= 0.3 is 0 Å². The van der Waals surface area contributed by atoms with Crippen LogP contribution in [0.5, 0.6) is 0 Å². The first kappa shape index (κ1) is 16.8. The zero-order chi connectivity index (χ0) is 18.4. The van der Waals surface area contributed by atoms with Gasteiger partial charge < -0.3 is 10.6 Å². The summed E-state index contributed by atoms with van der Waals surface area (Å²) in [5.41, 5.74) is 9.40. The Morgan fingerprint density at radius 3 is 2.85 bits per heavy atom. The molecule has 0 aromatic carbocycles. The molecule has 3 N–H and O–H groups in total. The number of H-pyrrole nitrogens is 1. The van der Waals surface area contributed by atoms with Crippen LogP contribution in [-0.4, -0.2) is 49.5 Å². The molecule has 0 bridgehead atoms. The molecule has 1 saturated carbocycles. The molecule has 1 saturated heterocycles. The van der Waals surface area contributed by atoms with Crippen molar-refractivity contribution in [2.24, 2.45) is 11.1 Å². The molecule has 1 spiro atoms. The summed E-state index contributed by atoms with van der Waals surface area (Å²) in [6.07, 6.45) is 9.33. The smallest absolute Gasteiger partial charge is 0.202 e. The number of rotatable bonds is 2. The van der Waals surface area contributed by atoms with Gasteiger partial charge in [0.25, 0.3) is 0 Å². The van der Waals surface area contributed by atoms with E-state index in [0.717, 1.165) is 38.2 Å². The van der Waals surface area contributed by atoms with Crippen LogP contribution in [0.15, 0.2) is 18.5 Å². The van der Waals surface area contributed by atoms with Gasteiger partial charge in [0.05, 0.1) is 18.1 Å². The predicted molar refractivity (Wildman–Crippen MR) is 103 cm³/mol. The Kier molecular flexibility index (Phi) is 3.98. The lowest BCUT2D eigenvalue weighted by molar-refractivity contribution is 0.197. The molecule has 8 nitrogen and oxygen atoms in total. The van der Waals surface area contributed by atoms with Crippen molar-refractivity contribution < 1.29 is 0 Å². The van der Waals surface area contributed by atoms with Crippen LogP contribution in [0.3, 0.4) is 0 Å². The number of piperidine rings is 1. The third kappa shape index (κ3) is 2.74. The molecule has 1 aliphatic carbocycles. The molecule has 3 aromatic heterocycles. The number of aromatic amines is 1. The van der Waals surface area contributed by atoms with Crippen molar-refractivity contribution in [1.29, 1.82) is 0 Å². The first-order valence-corrected chi connectivity index (χ1v) is 9.73. The van der Waals surface area contributed by atoms with Crippen molar-refractivity contribution in [2.75, 3.05) is 18.0 Å². The van der Waals surface area contributed by atoms with Gasteiger partial charge in [0.1, 0.15) is 11.3 Å². The topological polar surface area (TPSA) is 110 Å². The first-order chi connectivity index (χ1) is 13.2. The Labute approximate surface area is 161 Å². The largest absolute Gasteiger partial charge is 0.355 e. The van der Waals surface area contributed by atoms with E-state index in [1.54, 1.807) is 12.3 Å². The van der Waals surface area contributed by atoms with Gasteiger partial charge in [0, 0.05) is 24.7 Å². The third-order valence-electron chi connectivity index (χ3n) is 6.26. The van der Waals surface area contributed by atoms with E-state index in [2.05, 4.69) is 30.3 Å². The molecule has 2 aliphatic rings. The molecule has 1 unspecified atom stereocenters. The molecule has 0 radical (unpaired) electrons. The van der Waals surface area contributed by atoms with Crippen molar-refractivity contribution in [1.82, 2.24) is 30.4 Å². The lowest BCUT2D eigenvalue weighted by Gasteiger charge is -2.42. The highest BCUT2D eigenvalue weighted by Gasteiger charge is 2.43. The van der Waals surface area contributed by atoms with Gasteiger partial charge in [-0.2, -0.15) is 10.2 Å². The minimum atomic E-state index is 0.308. The number of hydrogen-bond acceptors (Lipinski definition) is 7. The van der Waals surface area contributed by atoms with Gasteiger partial charge in [0.2, 0.25) is 5.65 Å². The Morgan fingerprint density at radius 2 is 2.11 bits per heavy atom. The third-order valence-corrected chi connectivity index (χ3v) is 6.54. The van der Waals surface area contributed by atoms with Crippen molar-refractivity contribution in [3.8, 4) is 11.3 Å². The van der Waals surface area contributed by atoms with Crippen LogP contribution < -0.4 is 10.6 Å².